The third kappa shape index (κ3) is 13.9. The van der Waals surface area contributed by atoms with Gasteiger partial charge in [-0.1, -0.05) is 49.6 Å². The van der Waals surface area contributed by atoms with Crippen molar-refractivity contribution >= 4 is 35.1 Å². The minimum atomic E-state index is -5.77. The summed E-state index contributed by atoms with van der Waals surface area (Å²) >= 11 is 0. The summed E-state index contributed by atoms with van der Waals surface area (Å²) < 4.78 is 74.3. The molecule has 1 aliphatic carbocycles. The number of anilines is 1. The van der Waals surface area contributed by atoms with Crippen LogP contribution in [-0.2, 0) is 41.9 Å². The number of nitrogens with one attached hydrogen (secondary N) is 3. The van der Waals surface area contributed by atoms with E-state index in [4.69, 9.17) is 10.5 Å². The highest BCUT2D eigenvalue weighted by Crippen LogP contribution is 2.24. The van der Waals surface area contributed by atoms with Crippen molar-refractivity contribution in [1.82, 2.24) is 20.2 Å². The molecule has 1 heterocycles. The molecule has 12 nitrogen and oxygen atoms in total. The molecule has 47 heavy (non-hydrogen) atoms. The molecule has 18 heteroatoms. The number of hydrogen-bond acceptors (Lipinski definition) is 8. The number of nitrogens with two attached hydrogens (primary N) is 1. The molecule has 5 N–H and O–H groups in total. The topological polar surface area (TPSA) is 175 Å². The van der Waals surface area contributed by atoms with Crippen LogP contribution in [0, 0.1) is 0 Å². The van der Waals surface area contributed by atoms with Gasteiger partial charge in [0, 0.05) is 12.2 Å². The van der Waals surface area contributed by atoms with Gasteiger partial charge < -0.3 is 31.0 Å². The van der Waals surface area contributed by atoms with E-state index in [-0.39, 0.29) is 37.5 Å². The van der Waals surface area contributed by atoms with Crippen LogP contribution < -0.4 is 21.7 Å². The van der Waals surface area contributed by atoms with Crippen LogP contribution in [-0.4, -0.2) is 75.4 Å². The fraction of sp³-hybridized carbons (Fsp3) is 0.517. The van der Waals surface area contributed by atoms with E-state index < -0.39 is 47.3 Å². The second-order valence-electron chi connectivity index (χ2n) is 11.2. The smallest absolute Gasteiger partial charge is 0.374 e. The Labute approximate surface area is 265 Å². The van der Waals surface area contributed by atoms with Crippen molar-refractivity contribution in [3.8, 4) is 0 Å². The van der Waals surface area contributed by atoms with E-state index in [0.29, 0.717) is 0 Å². The zero-order valence-corrected chi connectivity index (χ0v) is 25.5. The molecule has 3 amide bonds. The summed E-state index contributed by atoms with van der Waals surface area (Å²) in [6, 6.07) is 8.77. The summed E-state index contributed by atoms with van der Waals surface area (Å²) in [5.41, 5.74) is 5.66. The van der Waals surface area contributed by atoms with Crippen LogP contribution in [0.15, 0.2) is 42.9 Å². The maximum Gasteiger partial charge on any atom is 0.458 e. The average molecular weight is 679 g/mol. The van der Waals surface area contributed by atoms with E-state index >= 15 is 0 Å². The van der Waals surface area contributed by atoms with Crippen molar-refractivity contribution in [2.24, 2.45) is 5.73 Å². The third-order valence-electron chi connectivity index (χ3n) is 6.51. The number of Topliss-reactive ketones (excluding diaryl/α,β-unsaturated/α-hetero) is 2. The molecular formula is C29H36F6N6O6. The highest BCUT2D eigenvalue weighted by Gasteiger charge is 2.54. The maximum absolute atomic E-state index is 12.9. The van der Waals surface area contributed by atoms with E-state index in [1.165, 1.54) is 12.7 Å². The summed E-state index contributed by atoms with van der Waals surface area (Å²) in [5.74, 6) is -7.60. The summed E-state index contributed by atoms with van der Waals surface area (Å²) in [6.07, 6.45) is -2.96. The van der Waals surface area contributed by atoms with Crippen molar-refractivity contribution in [3.05, 3.63) is 48.4 Å². The molecule has 260 valence electrons. The van der Waals surface area contributed by atoms with E-state index in [1.807, 2.05) is 30.3 Å². The van der Waals surface area contributed by atoms with Crippen molar-refractivity contribution in [1.29, 1.82) is 0 Å². The number of ketones is 2. The van der Waals surface area contributed by atoms with E-state index in [9.17, 15) is 50.3 Å². The first-order chi connectivity index (χ1) is 21.8. The second-order valence-corrected chi connectivity index (χ2v) is 11.2. The van der Waals surface area contributed by atoms with Crippen molar-refractivity contribution in [3.63, 3.8) is 0 Å². The predicted octanol–water partition coefficient (Wildman–Crippen LogP) is 2.96. The van der Waals surface area contributed by atoms with Gasteiger partial charge in [-0.05, 0) is 32.3 Å². The number of amides is 3. The molecule has 0 saturated heterocycles. The first-order valence-electron chi connectivity index (χ1n) is 14.3. The number of benzene rings is 1. The van der Waals surface area contributed by atoms with Crippen LogP contribution >= 0.6 is 0 Å². The van der Waals surface area contributed by atoms with Crippen LogP contribution in [0.4, 0.5) is 32.2 Å². The number of rotatable bonds is 12. The molecule has 0 bridgehead atoms. The standard InChI is InChI=1S/C25H36N6O4.C4F6O2/c1-25(2,26)24(34)29-20(16-35-15-18-9-5-3-6-10-18)23(33)30-21-13-31(17-27-21)14-22(32)28-19-11-7-4-8-12-19;5-3(6,7)1(11)2(12)4(8,9)10/h3,5-6,9-10,13,17,19-20H,4,7-8,11-12,14-16,26H2,1-2H3,(H,28,32)(H,29,34)(H,30,33);/t20-;/m1./s1. The van der Waals surface area contributed by atoms with E-state index in [0.717, 1.165) is 31.2 Å². The van der Waals surface area contributed by atoms with Crippen LogP contribution in [0.5, 0.6) is 0 Å². The van der Waals surface area contributed by atoms with Gasteiger partial charge in [-0.15, -0.1) is 0 Å². The maximum atomic E-state index is 12.9. The lowest BCUT2D eigenvalue weighted by Crippen LogP contribution is -2.56. The number of carbonyl (C=O) groups is 5. The molecule has 1 saturated carbocycles. The zero-order valence-electron chi connectivity index (χ0n) is 25.5. The number of aromatic nitrogens is 2. The second kappa shape index (κ2) is 17.0. The number of hydrogen-bond donors (Lipinski definition) is 4. The first kappa shape index (κ1) is 38.9. The Morgan fingerprint density at radius 3 is 2.06 bits per heavy atom. The molecule has 0 unspecified atom stereocenters. The minimum absolute atomic E-state index is 0.0486. The Bertz CT molecular complexity index is 1340. The Hall–Kier alpha value is -4.32. The number of alkyl halides is 6. The van der Waals surface area contributed by atoms with Gasteiger partial charge in [-0.2, -0.15) is 26.3 Å². The van der Waals surface area contributed by atoms with Gasteiger partial charge in [0.15, 0.2) is 5.82 Å². The van der Waals surface area contributed by atoms with E-state index in [1.54, 1.807) is 24.6 Å². The Kier molecular flexibility index (Phi) is 14.1. The monoisotopic (exact) mass is 678 g/mol. The fourth-order valence-corrected chi connectivity index (χ4v) is 4.06. The molecule has 1 aliphatic rings. The van der Waals surface area contributed by atoms with Gasteiger partial charge in [0.25, 0.3) is 5.91 Å². The molecule has 0 radical (unpaired) electrons. The minimum Gasteiger partial charge on any atom is -0.374 e. The SMILES string of the molecule is CC(C)(N)C(=O)N[C@H](COCc1ccccc1)C(=O)Nc1cn(CC(=O)NC2CCCCC2)cn1.O=C(C(=O)C(F)(F)F)C(F)(F)F. The van der Waals surface area contributed by atoms with Gasteiger partial charge in [-0.25, -0.2) is 4.98 Å². The molecule has 2 aromatic rings. The number of imidazole rings is 1. The van der Waals surface area contributed by atoms with Crippen LogP contribution in [0.3, 0.4) is 0 Å². The van der Waals surface area contributed by atoms with Gasteiger partial charge in [-0.3, -0.25) is 24.0 Å². The number of nitrogens with zero attached hydrogens (tertiary/aromatic N) is 2. The largest absolute Gasteiger partial charge is 0.458 e. The number of carbonyl (C=O) groups excluding carboxylic acids is 5. The lowest BCUT2D eigenvalue weighted by molar-refractivity contribution is -0.193. The van der Waals surface area contributed by atoms with Gasteiger partial charge in [0.05, 0.1) is 25.1 Å². The molecule has 1 atom stereocenters. The quantitative estimate of drug-likeness (QED) is 0.196. The molecular weight excluding hydrogens is 642 g/mol. The fourth-order valence-electron chi connectivity index (χ4n) is 4.06. The van der Waals surface area contributed by atoms with Crippen molar-refractivity contribution < 1.29 is 55.1 Å². The van der Waals surface area contributed by atoms with E-state index in [2.05, 4.69) is 20.9 Å². The normalized spacial score (nSPS) is 14.7. The highest BCUT2D eigenvalue weighted by molar-refractivity contribution is 6.41. The van der Waals surface area contributed by atoms with Gasteiger partial charge in [0.1, 0.15) is 12.6 Å². The molecule has 1 aromatic carbocycles. The third-order valence-corrected chi connectivity index (χ3v) is 6.51. The molecule has 0 spiro atoms. The van der Waals surface area contributed by atoms with Crippen molar-refractivity contribution in [2.45, 2.75) is 89.1 Å². The molecule has 0 aliphatic heterocycles. The molecule has 1 fully saturated rings. The lowest BCUT2D eigenvalue weighted by Gasteiger charge is -2.23. The van der Waals surface area contributed by atoms with Crippen molar-refractivity contribution in [2.75, 3.05) is 11.9 Å². The van der Waals surface area contributed by atoms with Gasteiger partial charge >= 0.3 is 23.9 Å². The zero-order chi connectivity index (χ0) is 35.4. The Morgan fingerprint density at radius 1 is 0.957 bits per heavy atom. The predicted molar refractivity (Wildman–Crippen MR) is 154 cm³/mol. The summed E-state index contributed by atoms with van der Waals surface area (Å²) in [6.45, 7) is 3.47. The molecule has 3 rings (SSSR count). The number of halogens is 6. The number of ether oxygens (including phenoxy) is 1. The van der Waals surface area contributed by atoms with Crippen LogP contribution in [0.2, 0.25) is 0 Å². The lowest BCUT2D eigenvalue weighted by atomic mass is 9.95. The summed E-state index contributed by atoms with van der Waals surface area (Å²) in [4.78, 5) is 61.1. The Morgan fingerprint density at radius 2 is 1.53 bits per heavy atom. The summed E-state index contributed by atoms with van der Waals surface area (Å²) in [5, 5.41) is 8.39. The van der Waals surface area contributed by atoms with Gasteiger partial charge in [0.2, 0.25) is 11.8 Å². The van der Waals surface area contributed by atoms with Crippen LogP contribution in [0.1, 0.15) is 51.5 Å². The molecule has 1 aromatic heterocycles. The Balaban J connectivity index is 0.000000544. The highest BCUT2D eigenvalue weighted by atomic mass is 19.4. The van der Waals surface area contributed by atoms with Crippen LogP contribution in [0.25, 0.3) is 0 Å². The summed E-state index contributed by atoms with van der Waals surface area (Å²) in [7, 11) is 0. The average Bonchev–Trinajstić information content (AvgIpc) is 3.41. The first-order valence-corrected chi connectivity index (χ1v) is 14.3.